The molecule has 2 aromatic rings. The van der Waals surface area contributed by atoms with Gasteiger partial charge < -0.3 is 10.2 Å². The van der Waals surface area contributed by atoms with Gasteiger partial charge in [0.25, 0.3) is 5.91 Å². The Morgan fingerprint density at radius 2 is 1.54 bits per heavy atom. The van der Waals surface area contributed by atoms with Crippen LogP contribution in [-0.2, 0) is 10.2 Å². The van der Waals surface area contributed by atoms with Crippen molar-refractivity contribution in [3.63, 3.8) is 0 Å². The molecule has 0 saturated carbocycles. The summed E-state index contributed by atoms with van der Waals surface area (Å²) in [7, 11) is 1.69. The summed E-state index contributed by atoms with van der Waals surface area (Å²) in [6, 6.07) is 14.9. The van der Waals surface area contributed by atoms with E-state index in [2.05, 4.69) is 26.1 Å². The summed E-state index contributed by atoms with van der Waals surface area (Å²) < 4.78 is 0. The first kappa shape index (κ1) is 17.7. The Labute approximate surface area is 143 Å². The minimum Gasteiger partial charge on any atom is -0.320 e. The maximum Gasteiger partial charge on any atom is 0.255 e. The lowest BCUT2D eigenvalue weighted by molar-refractivity contribution is -0.116. The van der Waals surface area contributed by atoms with E-state index in [4.69, 9.17) is 0 Å². The molecule has 2 rings (SSSR count). The number of rotatable bonds is 3. The highest BCUT2D eigenvalue weighted by atomic mass is 16.2. The summed E-state index contributed by atoms with van der Waals surface area (Å²) >= 11 is 0. The Kier molecular flexibility index (Phi) is 5.07. The number of hydrogen-bond donors (Lipinski definition) is 1. The fraction of sp³-hybridized carbons (Fsp3) is 0.300. The first-order chi connectivity index (χ1) is 11.2. The van der Waals surface area contributed by atoms with Crippen LogP contribution in [0.25, 0.3) is 0 Å². The maximum absolute atomic E-state index is 12.5. The number of nitrogens with zero attached hydrogens (tertiary/aromatic N) is 1. The smallest absolute Gasteiger partial charge is 0.255 e. The minimum atomic E-state index is -0.195. The molecule has 4 nitrogen and oxygen atoms in total. The van der Waals surface area contributed by atoms with Crippen molar-refractivity contribution in [2.45, 2.75) is 33.1 Å². The number of carbonyl (C=O) groups is 2. The summed E-state index contributed by atoms with van der Waals surface area (Å²) in [4.78, 5) is 25.6. The zero-order valence-corrected chi connectivity index (χ0v) is 14.9. The molecule has 126 valence electrons. The van der Waals surface area contributed by atoms with Gasteiger partial charge in [0.2, 0.25) is 5.91 Å². The highest BCUT2D eigenvalue weighted by molar-refractivity contribution is 6.07. The lowest BCUT2D eigenvalue weighted by atomic mass is 9.87. The summed E-state index contributed by atoms with van der Waals surface area (Å²) in [6.45, 7) is 7.89. The molecular formula is C20H24N2O2. The van der Waals surface area contributed by atoms with E-state index in [9.17, 15) is 9.59 Å². The van der Waals surface area contributed by atoms with E-state index in [0.29, 0.717) is 16.9 Å². The van der Waals surface area contributed by atoms with Gasteiger partial charge in [0.15, 0.2) is 0 Å². The van der Waals surface area contributed by atoms with E-state index in [1.807, 2.05) is 36.4 Å². The highest BCUT2D eigenvalue weighted by Gasteiger charge is 2.16. The van der Waals surface area contributed by atoms with Crippen molar-refractivity contribution in [2.24, 2.45) is 0 Å². The van der Waals surface area contributed by atoms with E-state index in [1.54, 1.807) is 19.2 Å². The van der Waals surface area contributed by atoms with Crippen LogP contribution in [0.5, 0.6) is 0 Å². The van der Waals surface area contributed by atoms with Gasteiger partial charge in [-0.15, -0.1) is 0 Å². The molecule has 0 radical (unpaired) electrons. The molecule has 0 fully saturated rings. The third-order valence-corrected chi connectivity index (χ3v) is 4.00. The second-order valence-corrected chi connectivity index (χ2v) is 6.88. The predicted octanol–water partition coefficient (Wildman–Crippen LogP) is 4.22. The van der Waals surface area contributed by atoms with Crippen molar-refractivity contribution in [3.05, 3.63) is 59.7 Å². The minimum absolute atomic E-state index is 0.0474. The molecule has 0 spiro atoms. The number of nitrogens with one attached hydrogen (secondary N) is 1. The van der Waals surface area contributed by atoms with Crippen molar-refractivity contribution >= 4 is 23.2 Å². The van der Waals surface area contributed by atoms with Gasteiger partial charge in [0.1, 0.15) is 0 Å². The molecule has 1 N–H and O–H groups in total. The first-order valence-corrected chi connectivity index (χ1v) is 7.95. The largest absolute Gasteiger partial charge is 0.320 e. The van der Waals surface area contributed by atoms with E-state index in [0.717, 1.165) is 0 Å². The molecule has 0 saturated heterocycles. The zero-order valence-electron chi connectivity index (χ0n) is 14.9. The van der Waals surface area contributed by atoms with Crippen molar-refractivity contribution in [1.29, 1.82) is 0 Å². The molecule has 0 heterocycles. The van der Waals surface area contributed by atoms with Gasteiger partial charge in [-0.25, -0.2) is 0 Å². The van der Waals surface area contributed by atoms with Gasteiger partial charge >= 0.3 is 0 Å². The van der Waals surface area contributed by atoms with E-state index >= 15 is 0 Å². The van der Waals surface area contributed by atoms with Gasteiger partial charge in [-0.3, -0.25) is 9.59 Å². The molecule has 4 heteroatoms. The van der Waals surface area contributed by atoms with Gasteiger partial charge in [0, 0.05) is 19.5 Å². The summed E-state index contributed by atoms with van der Waals surface area (Å²) in [5.41, 5.74) is 3.09. The lowest BCUT2D eigenvalue weighted by Crippen LogP contribution is -2.24. The van der Waals surface area contributed by atoms with Crippen LogP contribution in [0.4, 0.5) is 11.4 Å². The fourth-order valence-electron chi connectivity index (χ4n) is 2.36. The molecule has 2 amide bonds. The fourth-order valence-corrected chi connectivity index (χ4v) is 2.36. The van der Waals surface area contributed by atoms with E-state index in [-0.39, 0.29) is 17.2 Å². The number of hydrogen-bond acceptors (Lipinski definition) is 2. The Morgan fingerprint density at radius 3 is 2.08 bits per heavy atom. The summed E-state index contributed by atoms with van der Waals surface area (Å²) in [6.07, 6.45) is 0. The van der Waals surface area contributed by atoms with Gasteiger partial charge in [-0.05, 0) is 35.2 Å². The van der Waals surface area contributed by atoms with Crippen LogP contribution in [0.2, 0.25) is 0 Å². The summed E-state index contributed by atoms with van der Waals surface area (Å²) in [5, 5.41) is 2.89. The van der Waals surface area contributed by atoms with E-state index in [1.165, 1.54) is 17.4 Å². The molecule has 0 aliphatic heterocycles. The van der Waals surface area contributed by atoms with Crippen LogP contribution >= 0.6 is 0 Å². The average Bonchev–Trinajstić information content (AvgIpc) is 2.54. The van der Waals surface area contributed by atoms with Crippen LogP contribution in [-0.4, -0.2) is 18.9 Å². The van der Waals surface area contributed by atoms with Gasteiger partial charge in [0.05, 0.1) is 11.4 Å². The molecule has 0 unspecified atom stereocenters. The van der Waals surface area contributed by atoms with E-state index < -0.39 is 0 Å². The van der Waals surface area contributed by atoms with Crippen LogP contribution in [0.3, 0.4) is 0 Å². The molecule has 24 heavy (non-hydrogen) atoms. The van der Waals surface area contributed by atoms with Crippen molar-refractivity contribution in [1.82, 2.24) is 0 Å². The maximum atomic E-state index is 12.5. The number of amides is 2. The monoisotopic (exact) mass is 324 g/mol. The molecule has 0 atom stereocenters. The molecule has 0 aromatic heterocycles. The van der Waals surface area contributed by atoms with Crippen molar-refractivity contribution < 1.29 is 9.59 Å². The highest BCUT2D eigenvalue weighted by Crippen LogP contribution is 2.26. The number of para-hydroxylation sites is 2. The van der Waals surface area contributed by atoms with Gasteiger partial charge in [-0.2, -0.15) is 0 Å². The average molecular weight is 324 g/mol. The Bertz CT molecular complexity index is 743. The first-order valence-electron chi connectivity index (χ1n) is 7.95. The molecule has 0 aliphatic carbocycles. The van der Waals surface area contributed by atoms with Crippen LogP contribution in [0.15, 0.2) is 48.5 Å². The second kappa shape index (κ2) is 6.87. The van der Waals surface area contributed by atoms with Crippen LogP contribution < -0.4 is 10.2 Å². The van der Waals surface area contributed by atoms with Crippen LogP contribution in [0.1, 0.15) is 43.6 Å². The Morgan fingerprint density at radius 1 is 0.958 bits per heavy atom. The molecular weight excluding hydrogens is 300 g/mol. The van der Waals surface area contributed by atoms with Crippen molar-refractivity contribution in [3.8, 4) is 0 Å². The number of carbonyl (C=O) groups excluding carboxylic acids is 2. The molecule has 0 aliphatic rings. The molecule has 0 bridgehead atoms. The third-order valence-electron chi connectivity index (χ3n) is 4.00. The van der Waals surface area contributed by atoms with Gasteiger partial charge in [-0.1, -0.05) is 45.0 Å². The SMILES string of the molecule is CC(=O)N(C)c1ccccc1NC(=O)c1ccc(C(C)(C)C)cc1. The number of benzene rings is 2. The summed E-state index contributed by atoms with van der Waals surface area (Å²) in [5.74, 6) is -0.286. The normalized spacial score (nSPS) is 11.0. The lowest BCUT2D eigenvalue weighted by Gasteiger charge is -2.20. The standard InChI is InChI=1S/C20H24N2O2/c1-14(23)22(5)18-9-7-6-8-17(18)21-19(24)15-10-12-16(13-11-15)20(2,3)4/h6-13H,1-5H3,(H,21,24). The quantitative estimate of drug-likeness (QED) is 0.919. The van der Waals surface area contributed by atoms with Crippen molar-refractivity contribution in [2.75, 3.05) is 17.3 Å². The van der Waals surface area contributed by atoms with Crippen LogP contribution in [0, 0.1) is 0 Å². The Hall–Kier alpha value is -2.62. The Balaban J connectivity index is 2.23. The number of anilines is 2. The third kappa shape index (κ3) is 4.02. The zero-order chi connectivity index (χ0) is 17.9. The molecule has 2 aromatic carbocycles. The topological polar surface area (TPSA) is 49.4 Å². The predicted molar refractivity (Wildman–Crippen MR) is 98.6 cm³/mol. The second-order valence-electron chi connectivity index (χ2n) is 6.88.